The van der Waals surface area contributed by atoms with Crippen LogP contribution in [0.1, 0.15) is 17.5 Å². The number of hydrogen-bond acceptors (Lipinski definition) is 1. The summed E-state index contributed by atoms with van der Waals surface area (Å²) in [5.41, 5.74) is 4.80. The van der Waals surface area contributed by atoms with Gasteiger partial charge in [0.05, 0.1) is 17.4 Å². The molecular weight excluding hydrogens is 184 g/mol. The average molecular weight is 198 g/mol. The summed E-state index contributed by atoms with van der Waals surface area (Å²) < 4.78 is 2.11. The number of nitrogens with zero attached hydrogens (tertiary/aromatic N) is 2. The highest BCUT2D eigenvalue weighted by Gasteiger charge is 2.03. The fraction of sp³-hybridized carbons (Fsp3) is 0.308. The second-order valence-corrected chi connectivity index (χ2v) is 3.82. The Morgan fingerprint density at radius 3 is 2.80 bits per heavy atom. The standard InChI is InChI=1S/C13H14N2/c1-4-5-6-15-9-14-12-7-10(2)11(3)8-13(12)15/h1,7-9H,5-6H2,2-3H3. The third-order valence-electron chi connectivity index (χ3n) is 2.73. The molecule has 2 heteroatoms. The molecule has 2 aromatic rings. The fourth-order valence-electron chi connectivity index (χ4n) is 1.68. The molecule has 0 spiro atoms. The molecule has 0 bridgehead atoms. The molecule has 0 saturated heterocycles. The first-order chi connectivity index (χ1) is 7.22. The van der Waals surface area contributed by atoms with E-state index in [4.69, 9.17) is 6.42 Å². The molecule has 2 rings (SSSR count). The maximum Gasteiger partial charge on any atom is 0.0958 e. The van der Waals surface area contributed by atoms with Gasteiger partial charge in [0, 0.05) is 13.0 Å². The van der Waals surface area contributed by atoms with Crippen LogP contribution in [0.5, 0.6) is 0 Å². The first-order valence-electron chi connectivity index (χ1n) is 5.08. The van der Waals surface area contributed by atoms with Crippen molar-refractivity contribution < 1.29 is 0 Å². The summed E-state index contributed by atoms with van der Waals surface area (Å²) >= 11 is 0. The van der Waals surface area contributed by atoms with Crippen molar-refractivity contribution in [2.75, 3.05) is 0 Å². The SMILES string of the molecule is C#CCCn1cnc2cc(C)c(C)cc21. The van der Waals surface area contributed by atoms with Gasteiger partial charge in [-0.15, -0.1) is 12.3 Å². The van der Waals surface area contributed by atoms with Crippen LogP contribution < -0.4 is 0 Å². The van der Waals surface area contributed by atoms with Gasteiger partial charge in [0.1, 0.15) is 0 Å². The number of aromatic nitrogens is 2. The lowest BCUT2D eigenvalue weighted by atomic mass is 10.1. The van der Waals surface area contributed by atoms with E-state index < -0.39 is 0 Å². The zero-order chi connectivity index (χ0) is 10.8. The second-order valence-electron chi connectivity index (χ2n) is 3.82. The Balaban J connectivity index is 2.50. The number of rotatable bonds is 2. The van der Waals surface area contributed by atoms with Crippen molar-refractivity contribution in [2.24, 2.45) is 0 Å². The zero-order valence-electron chi connectivity index (χ0n) is 9.12. The Bertz CT molecular complexity index is 529. The minimum absolute atomic E-state index is 0.748. The molecule has 0 amide bonds. The van der Waals surface area contributed by atoms with Crippen molar-refractivity contribution in [2.45, 2.75) is 26.8 Å². The molecule has 1 heterocycles. The van der Waals surface area contributed by atoms with Gasteiger partial charge in [-0.05, 0) is 37.1 Å². The van der Waals surface area contributed by atoms with Crippen molar-refractivity contribution in [1.29, 1.82) is 0 Å². The van der Waals surface area contributed by atoms with Crippen LogP contribution in [0.25, 0.3) is 11.0 Å². The van der Waals surface area contributed by atoms with E-state index >= 15 is 0 Å². The summed E-state index contributed by atoms with van der Waals surface area (Å²) in [6.07, 6.45) is 7.87. The van der Waals surface area contributed by atoms with Crippen LogP contribution in [0.2, 0.25) is 0 Å². The Morgan fingerprint density at radius 1 is 1.33 bits per heavy atom. The fourth-order valence-corrected chi connectivity index (χ4v) is 1.68. The van der Waals surface area contributed by atoms with E-state index in [0.29, 0.717) is 0 Å². The van der Waals surface area contributed by atoms with E-state index in [1.165, 1.54) is 16.6 Å². The number of hydrogen-bond donors (Lipinski definition) is 0. The Hall–Kier alpha value is -1.75. The van der Waals surface area contributed by atoms with Gasteiger partial charge in [-0.2, -0.15) is 0 Å². The van der Waals surface area contributed by atoms with Crippen molar-refractivity contribution >= 4 is 11.0 Å². The lowest BCUT2D eigenvalue weighted by Gasteiger charge is -2.03. The third kappa shape index (κ3) is 1.73. The van der Waals surface area contributed by atoms with Gasteiger partial charge in [-0.3, -0.25) is 0 Å². The summed E-state index contributed by atoms with van der Waals surface area (Å²) in [6.45, 7) is 5.07. The highest BCUT2D eigenvalue weighted by molar-refractivity contribution is 5.77. The van der Waals surface area contributed by atoms with Crippen LogP contribution in [0.3, 0.4) is 0 Å². The van der Waals surface area contributed by atoms with Crippen molar-refractivity contribution in [3.8, 4) is 12.3 Å². The van der Waals surface area contributed by atoms with Gasteiger partial charge in [0.15, 0.2) is 0 Å². The monoisotopic (exact) mass is 198 g/mol. The van der Waals surface area contributed by atoms with Gasteiger partial charge in [0.2, 0.25) is 0 Å². The molecule has 0 radical (unpaired) electrons. The van der Waals surface area contributed by atoms with Gasteiger partial charge < -0.3 is 4.57 Å². The molecular formula is C13H14N2. The molecule has 0 saturated carbocycles. The van der Waals surface area contributed by atoms with E-state index in [0.717, 1.165) is 18.5 Å². The number of aryl methyl sites for hydroxylation is 3. The van der Waals surface area contributed by atoms with Crippen LogP contribution in [0.15, 0.2) is 18.5 Å². The van der Waals surface area contributed by atoms with E-state index in [-0.39, 0.29) is 0 Å². The maximum absolute atomic E-state index is 5.26. The number of imidazole rings is 1. The smallest absolute Gasteiger partial charge is 0.0958 e. The van der Waals surface area contributed by atoms with E-state index in [1.54, 1.807) is 0 Å². The molecule has 15 heavy (non-hydrogen) atoms. The normalized spacial score (nSPS) is 10.5. The van der Waals surface area contributed by atoms with E-state index in [2.05, 4.69) is 41.5 Å². The molecule has 0 aliphatic heterocycles. The zero-order valence-corrected chi connectivity index (χ0v) is 9.12. The quantitative estimate of drug-likeness (QED) is 0.678. The molecule has 1 aromatic heterocycles. The summed E-state index contributed by atoms with van der Waals surface area (Å²) in [4.78, 5) is 4.37. The Labute approximate surface area is 89.9 Å². The maximum atomic E-state index is 5.26. The lowest BCUT2D eigenvalue weighted by Crippen LogP contribution is -1.95. The molecule has 2 nitrogen and oxygen atoms in total. The van der Waals surface area contributed by atoms with Gasteiger partial charge in [-0.1, -0.05) is 0 Å². The van der Waals surface area contributed by atoms with Gasteiger partial charge >= 0.3 is 0 Å². The summed E-state index contributed by atoms with van der Waals surface area (Å²) in [5, 5.41) is 0. The predicted octanol–water partition coefficient (Wildman–Crippen LogP) is 2.68. The third-order valence-corrected chi connectivity index (χ3v) is 2.73. The van der Waals surface area contributed by atoms with Crippen LogP contribution in [-0.2, 0) is 6.54 Å². The molecule has 1 aromatic carbocycles. The summed E-state index contributed by atoms with van der Waals surface area (Å²) in [5.74, 6) is 2.65. The highest BCUT2D eigenvalue weighted by Crippen LogP contribution is 2.18. The second kappa shape index (κ2) is 3.78. The molecule has 0 fully saturated rings. The van der Waals surface area contributed by atoms with Gasteiger partial charge in [0.25, 0.3) is 0 Å². The van der Waals surface area contributed by atoms with Gasteiger partial charge in [-0.25, -0.2) is 4.98 Å². The molecule has 0 atom stereocenters. The Kier molecular flexibility index (Phi) is 2.47. The topological polar surface area (TPSA) is 17.8 Å². The molecule has 0 aliphatic rings. The largest absolute Gasteiger partial charge is 0.330 e. The van der Waals surface area contributed by atoms with Crippen molar-refractivity contribution in [3.05, 3.63) is 29.6 Å². The molecule has 0 unspecified atom stereocenters. The van der Waals surface area contributed by atoms with Crippen LogP contribution in [-0.4, -0.2) is 9.55 Å². The molecule has 0 aliphatic carbocycles. The van der Waals surface area contributed by atoms with Crippen molar-refractivity contribution in [3.63, 3.8) is 0 Å². The predicted molar refractivity (Wildman–Crippen MR) is 62.7 cm³/mol. The average Bonchev–Trinajstić information content (AvgIpc) is 2.59. The first-order valence-corrected chi connectivity index (χ1v) is 5.08. The first kappa shape index (κ1) is 9.79. The summed E-state index contributed by atoms with van der Waals surface area (Å²) in [7, 11) is 0. The Morgan fingerprint density at radius 2 is 2.07 bits per heavy atom. The minimum atomic E-state index is 0.748. The molecule has 76 valence electrons. The van der Waals surface area contributed by atoms with Crippen LogP contribution in [0, 0.1) is 26.2 Å². The minimum Gasteiger partial charge on any atom is -0.330 e. The number of terminal acetylenes is 1. The van der Waals surface area contributed by atoms with Crippen LogP contribution >= 0.6 is 0 Å². The van der Waals surface area contributed by atoms with Crippen molar-refractivity contribution in [1.82, 2.24) is 9.55 Å². The highest BCUT2D eigenvalue weighted by atomic mass is 15.0. The van der Waals surface area contributed by atoms with E-state index in [9.17, 15) is 0 Å². The molecule has 0 N–H and O–H groups in total. The number of benzene rings is 1. The number of fused-ring (bicyclic) bond motifs is 1. The van der Waals surface area contributed by atoms with Crippen LogP contribution in [0.4, 0.5) is 0 Å². The lowest BCUT2D eigenvalue weighted by molar-refractivity contribution is 0.740. The summed E-state index contributed by atoms with van der Waals surface area (Å²) in [6, 6.07) is 4.30. The van der Waals surface area contributed by atoms with E-state index in [1.807, 2.05) is 6.33 Å².